The molecule has 0 spiro atoms. The fraction of sp³-hybridized carbons (Fsp3) is 0.462. The summed E-state index contributed by atoms with van der Waals surface area (Å²) in [6.07, 6.45) is 4.59. The molecule has 0 aromatic heterocycles. The molecule has 3 aliphatic rings. The second-order valence-corrected chi connectivity index (χ2v) is 9.59. The van der Waals surface area contributed by atoms with E-state index in [1.54, 1.807) is 0 Å². The van der Waals surface area contributed by atoms with Crippen LogP contribution in [0.5, 0.6) is 0 Å². The molecule has 1 saturated heterocycles. The predicted molar refractivity (Wildman–Crippen MR) is 128 cm³/mol. The van der Waals surface area contributed by atoms with E-state index in [1.807, 2.05) is 46.2 Å². The van der Waals surface area contributed by atoms with E-state index in [9.17, 15) is 9.59 Å². The summed E-state index contributed by atoms with van der Waals surface area (Å²) in [5.74, 6) is -0.0815. The van der Waals surface area contributed by atoms with Crippen molar-refractivity contribution in [1.82, 2.24) is 4.90 Å². The number of hydrogen-bond acceptors (Lipinski definition) is 3. The van der Waals surface area contributed by atoms with Crippen LogP contribution < -0.4 is 9.80 Å². The first-order valence-corrected chi connectivity index (χ1v) is 12.2. The van der Waals surface area contributed by atoms with Crippen LogP contribution in [0.2, 0.25) is 5.02 Å². The number of para-hydroxylation sites is 1. The van der Waals surface area contributed by atoms with Gasteiger partial charge in [-0.05, 0) is 49.1 Å². The summed E-state index contributed by atoms with van der Waals surface area (Å²) in [4.78, 5) is 33.3. The largest absolute Gasteiger partial charge is 0.368 e. The standard InChI is InChI=1S/C26H30ClN3O2/c27-20-7-5-8-21(18-20)28-14-16-29(17-15-28)25(31)22-9-2-3-10-23(22)26(32)30-13-12-19-6-1-4-11-24(19)30/h1,4-8,11,18,22-23H,2-3,9-10,12-17H2. The molecule has 1 saturated carbocycles. The molecule has 168 valence electrons. The Morgan fingerprint density at radius 1 is 0.812 bits per heavy atom. The zero-order valence-electron chi connectivity index (χ0n) is 18.4. The van der Waals surface area contributed by atoms with E-state index in [0.717, 1.165) is 68.1 Å². The topological polar surface area (TPSA) is 43.9 Å². The molecule has 0 radical (unpaired) electrons. The lowest BCUT2D eigenvalue weighted by molar-refractivity contribution is -0.143. The summed E-state index contributed by atoms with van der Waals surface area (Å²) in [6, 6.07) is 16.0. The maximum Gasteiger partial charge on any atom is 0.230 e. The van der Waals surface area contributed by atoms with Crippen molar-refractivity contribution in [3.63, 3.8) is 0 Å². The lowest BCUT2D eigenvalue weighted by Crippen LogP contribution is -2.53. The first-order chi connectivity index (χ1) is 15.6. The zero-order chi connectivity index (χ0) is 22.1. The molecule has 32 heavy (non-hydrogen) atoms. The lowest BCUT2D eigenvalue weighted by Gasteiger charge is -2.40. The van der Waals surface area contributed by atoms with Gasteiger partial charge < -0.3 is 14.7 Å². The van der Waals surface area contributed by atoms with Gasteiger partial charge in [0.05, 0.1) is 5.92 Å². The Kier molecular flexibility index (Phi) is 6.09. The van der Waals surface area contributed by atoms with Gasteiger partial charge in [0.25, 0.3) is 0 Å². The molecule has 6 heteroatoms. The predicted octanol–water partition coefficient (Wildman–Crippen LogP) is 4.38. The van der Waals surface area contributed by atoms with Gasteiger partial charge in [-0.15, -0.1) is 0 Å². The minimum absolute atomic E-state index is 0.144. The van der Waals surface area contributed by atoms with Crippen molar-refractivity contribution < 1.29 is 9.59 Å². The summed E-state index contributed by atoms with van der Waals surface area (Å²) >= 11 is 6.15. The maximum absolute atomic E-state index is 13.6. The van der Waals surface area contributed by atoms with Crippen LogP contribution in [0.1, 0.15) is 31.2 Å². The fourth-order valence-corrected chi connectivity index (χ4v) is 5.77. The molecule has 2 heterocycles. The number of fused-ring (bicyclic) bond motifs is 1. The van der Waals surface area contributed by atoms with Crippen LogP contribution in [0, 0.1) is 11.8 Å². The van der Waals surface area contributed by atoms with Crippen LogP contribution in [-0.2, 0) is 16.0 Å². The average molecular weight is 452 g/mol. The SMILES string of the molecule is O=C(C1CCCCC1C(=O)N1CCc2ccccc21)N1CCN(c2cccc(Cl)c2)CC1. The van der Waals surface area contributed by atoms with Gasteiger partial charge in [0.2, 0.25) is 11.8 Å². The number of piperazine rings is 1. The van der Waals surface area contributed by atoms with E-state index < -0.39 is 0 Å². The second-order valence-electron chi connectivity index (χ2n) is 9.16. The summed E-state index contributed by atoms with van der Waals surface area (Å²) < 4.78 is 0. The highest BCUT2D eigenvalue weighted by Crippen LogP contribution is 2.37. The van der Waals surface area contributed by atoms with Gasteiger partial charge in [0.15, 0.2) is 0 Å². The molecule has 2 unspecified atom stereocenters. The van der Waals surface area contributed by atoms with Gasteiger partial charge in [0.1, 0.15) is 0 Å². The Balaban J connectivity index is 1.26. The van der Waals surface area contributed by atoms with Gasteiger partial charge in [0, 0.05) is 55.0 Å². The Morgan fingerprint density at radius 3 is 2.28 bits per heavy atom. The van der Waals surface area contributed by atoms with Crippen molar-refractivity contribution >= 4 is 34.8 Å². The normalized spacial score (nSPS) is 23.2. The third-order valence-corrected chi connectivity index (χ3v) is 7.55. The molecule has 2 aliphatic heterocycles. The molecule has 5 nitrogen and oxygen atoms in total. The number of benzene rings is 2. The number of amides is 2. The maximum atomic E-state index is 13.6. The molecule has 1 aliphatic carbocycles. The molecule has 5 rings (SSSR count). The van der Waals surface area contributed by atoms with E-state index in [4.69, 9.17) is 11.6 Å². The Bertz CT molecular complexity index is 1000. The lowest BCUT2D eigenvalue weighted by atomic mass is 9.77. The van der Waals surface area contributed by atoms with Crippen molar-refractivity contribution in [3.8, 4) is 0 Å². The van der Waals surface area contributed by atoms with E-state index >= 15 is 0 Å². The highest BCUT2D eigenvalue weighted by atomic mass is 35.5. The van der Waals surface area contributed by atoms with Gasteiger partial charge in [-0.25, -0.2) is 0 Å². The number of carbonyl (C=O) groups is 2. The minimum atomic E-state index is -0.201. The smallest absolute Gasteiger partial charge is 0.230 e. The van der Waals surface area contributed by atoms with E-state index in [1.165, 1.54) is 5.56 Å². The summed E-state index contributed by atoms with van der Waals surface area (Å²) in [6.45, 7) is 3.69. The van der Waals surface area contributed by atoms with Crippen LogP contribution in [0.25, 0.3) is 0 Å². The molecule has 2 fully saturated rings. The van der Waals surface area contributed by atoms with Crippen LogP contribution in [0.3, 0.4) is 0 Å². The van der Waals surface area contributed by atoms with Gasteiger partial charge in [-0.2, -0.15) is 0 Å². The number of carbonyl (C=O) groups excluding carboxylic acids is 2. The first-order valence-electron chi connectivity index (χ1n) is 11.8. The average Bonchev–Trinajstić information content (AvgIpc) is 3.27. The van der Waals surface area contributed by atoms with Gasteiger partial charge >= 0.3 is 0 Å². The zero-order valence-corrected chi connectivity index (χ0v) is 19.1. The number of nitrogens with zero attached hydrogens (tertiary/aromatic N) is 3. The summed E-state index contributed by atoms with van der Waals surface area (Å²) in [7, 11) is 0. The van der Waals surface area contributed by atoms with Crippen LogP contribution >= 0.6 is 11.6 Å². The minimum Gasteiger partial charge on any atom is -0.368 e. The highest BCUT2D eigenvalue weighted by molar-refractivity contribution is 6.30. The molecule has 2 aromatic carbocycles. The summed E-state index contributed by atoms with van der Waals surface area (Å²) in [5, 5.41) is 0.730. The fourth-order valence-electron chi connectivity index (χ4n) is 5.58. The molecule has 2 aromatic rings. The highest BCUT2D eigenvalue weighted by Gasteiger charge is 2.41. The summed E-state index contributed by atoms with van der Waals surface area (Å²) in [5.41, 5.74) is 3.36. The molecule has 2 amide bonds. The third kappa shape index (κ3) is 4.11. The van der Waals surface area contributed by atoms with Crippen LogP contribution in [0.4, 0.5) is 11.4 Å². The van der Waals surface area contributed by atoms with Crippen LogP contribution in [-0.4, -0.2) is 49.4 Å². The third-order valence-electron chi connectivity index (χ3n) is 7.32. The first kappa shape index (κ1) is 21.3. The van der Waals surface area contributed by atoms with E-state index in [0.29, 0.717) is 13.1 Å². The number of anilines is 2. The Hall–Kier alpha value is -2.53. The van der Waals surface area contributed by atoms with Crippen molar-refractivity contribution in [2.24, 2.45) is 11.8 Å². The van der Waals surface area contributed by atoms with Crippen molar-refractivity contribution in [1.29, 1.82) is 0 Å². The van der Waals surface area contributed by atoms with Gasteiger partial charge in [-0.1, -0.05) is 48.7 Å². The van der Waals surface area contributed by atoms with E-state index in [2.05, 4.69) is 17.0 Å². The molecular formula is C26H30ClN3O2. The van der Waals surface area contributed by atoms with Crippen molar-refractivity contribution in [3.05, 3.63) is 59.1 Å². The number of rotatable bonds is 3. The number of hydrogen-bond donors (Lipinski definition) is 0. The molecular weight excluding hydrogens is 422 g/mol. The van der Waals surface area contributed by atoms with Crippen LogP contribution in [0.15, 0.2) is 48.5 Å². The van der Waals surface area contributed by atoms with Gasteiger partial charge in [-0.3, -0.25) is 9.59 Å². The van der Waals surface area contributed by atoms with Crippen molar-refractivity contribution in [2.45, 2.75) is 32.1 Å². The quantitative estimate of drug-likeness (QED) is 0.695. The molecule has 2 atom stereocenters. The molecule has 0 bridgehead atoms. The monoisotopic (exact) mass is 451 g/mol. The Labute approximate surface area is 194 Å². The molecule has 0 N–H and O–H groups in total. The van der Waals surface area contributed by atoms with E-state index in [-0.39, 0.29) is 23.7 Å². The number of halogens is 1. The van der Waals surface area contributed by atoms with Crippen molar-refractivity contribution in [2.75, 3.05) is 42.5 Å². The second kappa shape index (κ2) is 9.14. The Morgan fingerprint density at radius 2 is 1.53 bits per heavy atom.